The number of nitrogens with zero attached hydrogens (tertiary/aromatic N) is 2. The zero-order chi connectivity index (χ0) is 15.8. The lowest BCUT2D eigenvalue weighted by Gasteiger charge is -2.12. The first-order valence-corrected chi connectivity index (χ1v) is 6.88. The molecule has 23 heavy (non-hydrogen) atoms. The molecule has 0 atom stereocenters. The van der Waals surface area contributed by atoms with Gasteiger partial charge in [0.05, 0.1) is 17.9 Å². The third-order valence-electron chi connectivity index (χ3n) is 3.09. The predicted molar refractivity (Wildman–Crippen MR) is 97.1 cm³/mol. The number of guanidine groups is 1. The van der Waals surface area contributed by atoms with Crippen molar-refractivity contribution in [1.29, 1.82) is 5.26 Å². The Bertz CT molecular complexity index is 680. The Labute approximate surface area is 151 Å². The highest BCUT2D eigenvalue weighted by Gasteiger charge is 2.05. The van der Waals surface area contributed by atoms with Crippen LogP contribution in [0.3, 0.4) is 0 Å². The van der Waals surface area contributed by atoms with Crippen LogP contribution in [-0.4, -0.2) is 19.6 Å². The molecule has 1 heterocycles. The van der Waals surface area contributed by atoms with E-state index in [1.165, 1.54) is 18.2 Å². The van der Waals surface area contributed by atoms with Gasteiger partial charge in [-0.3, -0.25) is 4.99 Å². The fourth-order valence-electron chi connectivity index (χ4n) is 1.94. The van der Waals surface area contributed by atoms with Gasteiger partial charge in [-0.15, -0.1) is 24.0 Å². The summed E-state index contributed by atoms with van der Waals surface area (Å²) in [6.07, 6.45) is 2.36. The minimum absolute atomic E-state index is 0. The van der Waals surface area contributed by atoms with Crippen molar-refractivity contribution < 1.29 is 8.81 Å². The molecule has 0 radical (unpaired) electrons. The van der Waals surface area contributed by atoms with Crippen molar-refractivity contribution in [3.8, 4) is 6.07 Å². The Balaban J connectivity index is 0.00000264. The van der Waals surface area contributed by atoms with E-state index in [2.05, 4.69) is 15.6 Å². The second-order valence-corrected chi connectivity index (χ2v) is 4.60. The molecule has 0 saturated carbocycles. The van der Waals surface area contributed by atoms with Gasteiger partial charge in [-0.25, -0.2) is 4.39 Å². The van der Waals surface area contributed by atoms with Crippen molar-refractivity contribution in [3.63, 3.8) is 0 Å². The van der Waals surface area contributed by atoms with Crippen LogP contribution in [0, 0.1) is 17.1 Å². The molecule has 5 nitrogen and oxygen atoms in total. The summed E-state index contributed by atoms with van der Waals surface area (Å²) in [5.41, 5.74) is 0.854. The van der Waals surface area contributed by atoms with E-state index < -0.39 is 0 Å². The second kappa shape index (κ2) is 9.84. The molecule has 122 valence electrons. The summed E-state index contributed by atoms with van der Waals surface area (Å²) in [4.78, 5) is 4.07. The van der Waals surface area contributed by atoms with Gasteiger partial charge in [0.2, 0.25) is 0 Å². The monoisotopic (exact) mass is 428 g/mol. The summed E-state index contributed by atoms with van der Waals surface area (Å²) in [6, 6.07) is 10.0. The minimum atomic E-state index is -0.350. The molecule has 2 N–H and O–H groups in total. The van der Waals surface area contributed by atoms with E-state index in [9.17, 15) is 4.39 Å². The molecule has 0 aliphatic heterocycles. The highest BCUT2D eigenvalue weighted by Crippen LogP contribution is 2.09. The molecule has 0 aliphatic rings. The summed E-state index contributed by atoms with van der Waals surface area (Å²) >= 11 is 0. The van der Waals surface area contributed by atoms with Gasteiger partial charge in [-0.05, 0) is 30.3 Å². The van der Waals surface area contributed by atoms with Gasteiger partial charge in [0, 0.05) is 32.1 Å². The first-order chi connectivity index (χ1) is 10.7. The van der Waals surface area contributed by atoms with E-state index in [0.29, 0.717) is 23.6 Å². The average molecular weight is 428 g/mol. The topological polar surface area (TPSA) is 73.3 Å². The zero-order valence-corrected chi connectivity index (χ0v) is 15.0. The van der Waals surface area contributed by atoms with E-state index in [-0.39, 0.29) is 36.3 Å². The van der Waals surface area contributed by atoms with Gasteiger partial charge < -0.3 is 15.1 Å². The first-order valence-electron chi connectivity index (χ1n) is 6.88. The number of nitriles is 1. The van der Waals surface area contributed by atoms with Gasteiger partial charge in [0.25, 0.3) is 0 Å². The smallest absolute Gasteiger partial charge is 0.191 e. The molecule has 0 fully saturated rings. The van der Waals surface area contributed by atoms with Crippen LogP contribution in [0.2, 0.25) is 0 Å². The Morgan fingerprint density at radius 3 is 2.83 bits per heavy atom. The minimum Gasteiger partial charge on any atom is -0.469 e. The second-order valence-electron chi connectivity index (χ2n) is 4.60. The molecule has 2 rings (SSSR count). The molecule has 2 aromatic rings. The average Bonchev–Trinajstić information content (AvgIpc) is 3.05. The molecule has 1 aromatic carbocycles. The summed E-state index contributed by atoms with van der Waals surface area (Å²) in [5.74, 6) is 1.10. The van der Waals surface area contributed by atoms with Crippen LogP contribution >= 0.6 is 24.0 Å². The number of rotatable bonds is 5. The number of nitrogens with one attached hydrogen (secondary N) is 2. The van der Waals surface area contributed by atoms with E-state index >= 15 is 0 Å². The molecule has 0 bridgehead atoms. The number of benzene rings is 1. The van der Waals surface area contributed by atoms with Gasteiger partial charge in [-0.2, -0.15) is 5.26 Å². The van der Waals surface area contributed by atoms with Gasteiger partial charge in [0.15, 0.2) is 5.96 Å². The van der Waals surface area contributed by atoms with Gasteiger partial charge in [-0.1, -0.05) is 0 Å². The van der Waals surface area contributed by atoms with Crippen molar-refractivity contribution in [3.05, 3.63) is 59.3 Å². The van der Waals surface area contributed by atoms with Gasteiger partial charge in [0.1, 0.15) is 11.6 Å². The normalized spacial score (nSPS) is 10.6. The Hall–Kier alpha value is -2.08. The highest BCUT2D eigenvalue weighted by atomic mass is 127. The maximum atomic E-state index is 13.7. The fourth-order valence-corrected chi connectivity index (χ4v) is 1.94. The van der Waals surface area contributed by atoms with Crippen molar-refractivity contribution in [2.45, 2.75) is 13.0 Å². The Morgan fingerprint density at radius 2 is 2.17 bits per heavy atom. The molecular formula is C16H18FIN4O. The third-order valence-corrected chi connectivity index (χ3v) is 3.09. The highest BCUT2D eigenvalue weighted by molar-refractivity contribution is 14.0. The zero-order valence-electron chi connectivity index (χ0n) is 12.7. The lowest BCUT2D eigenvalue weighted by molar-refractivity contribution is 0.506. The SMILES string of the molecule is CN=C(NCCc1ccco1)NCc1cc(C#N)ccc1F.I. The van der Waals surface area contributed by atoms with Crippen LogP contribution in [0.5, 0.6) is 0 Å². The molecule has 0 saturated heterocycles. The van der Waals surface area contributed by atoms with Crippen LogP contribution in [0.25, 0.3) is 0 Å². The number of hydrogen-bond acceptors (Lipinski definition) is 3. The number of furan rings is 1. The third kappa shape index (κ3) is 5.90. The molecule has 0 amide bonds. The summed E-state index contributed by atoms with van der Waals surface area (Å²) in [7, 11) is 1.64. The fraction of sp³-hybridized carbons (Fsp3) is 0.250. The predicted octanol–water partition coefficient (Wildman–Crippen LogP) is 2.82. The molecule has 0 spiro atoms. The molecule has 0 aliphatic carbocycles. The van der Waals surface area contributed by atoms with Crippen molar-refractivity contribution in [1.82, 2.24) is 10.6 Å². The maximum Gasteiger partial charge on any atom is 0.191 e. The van der Waals surface area contributed by atoms with E-state index in [0.717, 1.165) is 12.2 Å². The van der Waals surface area contributed by atoms with Crippen LogP contribution < -0.4 is 10.6 Å². The largest absolute Gasteiger partial charge is 0.469 e. The summed E-state index contributed by atoms with van der Waals surface area (Å²) < 4.78 is 18.9. The van der Waals surface area contributed by atoms with Crippen molar-refractivity contribution in [2.75, 3.05) is 13.6 Å². The van der Waals surface area contributed by atoms with Crippen molar-refractivity contribution >= 4 is 29.9 Å². The number of hydrogen-bond donors (Lipinski definition) is 2. The van der Waals surface area contributed by atoms with Crippen LogP contribution in [0.4, 0.5) is 4.39 Å². The van der Waals surface area contributed by atoms with Crippen LogP contribution in [0.15, 0.2) is 46.0 Å². The maximum absolute atomic E-state index is 13.7. The Morgan fingerprint density at radius 1 is 1.35 bits per heavy atom. The standard InChI is InChI=1S/C16H17FN4O.HI/c1-19-16(20-7-6-14-3-2-8-22-14)21-11-13-9-12(10-18)4-5-15(13)17;/h2-5,8-9H,6-7,11H2,1H3,(H2,19,20,21);1H. The number of halogens is 2. The van der Waals surface area contributed by atoms with Crippen LogP contribution in [-0.2, 0) is 13.0 Å². The lowest BCUT2D eigenvalue weighted by atomic mass is 10.1. The first kappa shape index (κ1) is 19.0. The summed E-state index contributed by atoms with van der Waals surface area (Å²) in [5, 5.41) is 15.0. The molecule has 1 aromatic heterocycles. The van der Waals surface area contributed by atoms with Crippen molar-refractivity contribution in [2.24, 2.45) is 4.99 Å². The molecular weight excluding hydrogens is 410 g/mol. The lowest BCUT2D eigenvalue weighted by Crippen LogP contribution is -2.38. The number of aliphatic imine (C=N–C) groups is 1. The van der Waals surface area contributed by atoms with E-state index in [1.807, 2.05) is 18.2 Å². The van der Waals surface area contributed by atoms with Gasteiger partial charge >= 0.3 is 0 Å². The van der Waals surface area contributed by atoms with Crippen LogP contribution in [0.1, 0.15) is 16.9 Å². The quantitative estimate of drug-likeness (QED) is 0.437. The molecule has 0 unspecified atom stereocenters. The van der Waals surface area contributed by atoms with E-state index in [4.69, 9.17) is 9.68 Å². The molecule has 7 heteroatoms. The Kier molecular flexibility index (Phi) is 8.11. The van der Waals surface area contributed by atoms with E-state index in [1.54, 1.807) is 13.3 Å². The summed E-state index contributed by atoms with van der Waals surface area (Å²) in [6.45, 7) is 0.898.